The summed E-state index contributed by atoms with van der Waals surface area (Å²) in [5.74, 6) is -0.479. The van der Waals surface area contributed by atoms with Crippen LogP contribution in [-0.4, -0.2) is 57.5 Å². The predicted octanol–water partition coefficient (Wildman–Crippen LogP) is 3.17. The first-order chi connectivity index (χ1) is 16.3. The molecular weight excluding hydrogens is 437 g/mol. The van der Waals surface area contributed by atoms with Crippen molar-refractivity contribution in [3.8, 4) is 5.75 Å². The molecule has 0 aliphatic carbocycles. The predicted molar refractivity (Wildman–Crippen MR) is 128 cm³/mol. The van der Waals surface area contributed by atoms with Crippen LogP contribution >= 0.6 is 0 Å². The Morgan fingerprint density at radius 1 is 1.15 bits per heavy atom. The highest BCUT2D eigenvalue weighted by molar-refractivity contribution is 6.13. The number of aromatic nitrogens is 4. The fraction of sp³-hybridized carbons (Fsp3) is 0.333. The van der Waals surface area contributed by atoms with Crippen LogP contribution in [0.4, 0.5) is 15.8 Å². The fourth-order valence-electron chi connectivity index (χ4n) is 4.67. The number of carbonyl (C=O) groups excluding carboxylic acids is 1. The van der Waals surface area contributed by atoms with E-state index in [1.165, 1.54) is 18.5 Å². The molecule has 0 spiro atoms. The molecule has 2 atom stereocenters. The molecule has 3 aromatic heterocycles. The van der Waals surface area contributed by atoms with E-state index in [1.54, 1.807) is 23.8 Å². The van der Waals surface area contributed by atoms with Crippen molar-refractivity contribution in [2.45, 2.75) is 32.9 Å². The highest BCUT2D eigenvalue weighted by Crippen LogP contribution is 2.32. The van der Waals surface area contributed by atoms with Gasteiger partial charge in [0.25, 0.3) is 5.91 Å². The number of nitrogens with zero attached hydrogens (tertiary/aromatic N) is 5. The molecule has 0 saturated carbocycles. The number of methoxy groups -OCH3 is 1. The van der Waals surface area contributed by atoms with Crippen molar-refractivity contribution in [2.75, 3.05) is 30.4 Å². The van der Waals surface area contributed by atoms with E-state index in [0.717, 1.165) is 5.69 Å². The first kappa shape index (κ1) is 22.0. The third-order valence-electron chi connectivity index (χ3n) is 5.91. The molecule has 1 aromatic carbocycles. The summed E-state index contributed by atoms with van der Waals surface area (Å²) in [6.45, 7) is 7.25. The first-order valence-corrected chi connectivity index (χ1v) is 11.1. The van der Waals surface area contributed by atoms with E-state index >= 15 is 4.39 Å². The second kappa shape index (κ2) is 8.53. The largest absolute Gasteiger partial charge is 0.493 e. The van der Waals surface area contributed by atoms with Gasteiger partial charge >= 0.3 is 0 Å². The quantitative estimate of drug-likeness (QED) is 0.480. The minimum Gasteiger partial charge on any atom is -0.493 e. The zero-order valence-corrected chi connectivity index (χ0v) is 19.5. The first-order valence-electron chi connectivity index (χ1n) is 11.1. The van der Waals surface area contributed by atoms with Gasteiger partial charge in [-0.2, -0.15) is 0 Å². The Kier molecular flexibility index (Phi) is 5.52. The number of halogens is 1. The molecule has 1 saturated heterocycles. The minimum absolute atomic E-state index is 0.112. The van der Waals surface area contributed by atoms with Gasteiger partial charge in [-0.25, -0.2) is 9.37 Å². The monoisotopic (exact) mass is 463 g/mol. The number of hydrogen-bond donors (Lipinski definition) is 2. The number of hydrogen-bond acceptors (Lipinski definition) is 7. The van der Waals surface area contributed by atoms with Gasteiger partial charge in [0.05, 0.1) is 24.1 Å². The van der Waals surface area contributed by atoms with Crippen molar-refractivity contribution in [1.82, 2.24) is 24.7 Å². The molecule has 2 unspecified atom stereocenters. The smallest absolute Gasteiger partial charge is 0.258 e. The van der Waals surface area contributed by atoms with Crippen LogP contribution in [0.5, 0.6) is 5.75 Å². The number of aryl methyl sites for hydroxylation is 1. The highest BCUT2D eigenvalue weighted by atomic mass is 19.1. The molecule has 1 aliphatic heterocycles. The summed E-state index contributed by atoms with van der Waals surface area (Å²) in [4.78, 5) is 28.5. The number of nitrogens with one attached hydrogen (secondary N) is 2. The average molecular weight is 464 g/mol. The van der Waals surface area contributed by atoms with E-state index < -0.39 is 11.7 Å². The lowest BCUT2D eigenvalue weighted by Gasteiger charge is -2.38. The number of carbonyl (C=O) groups is 1. The van der Waals surface area contributed by atoms with Crippen LogP contribution in [0.3, 0.4) is 0 Å². The van der Waals surface area contributed by atoms with E-state index in [2.05, 4.69) is 39.4 Å². The Labute approximate surface area is 196 Å². The Balaban J connectivity index is 1.55. The van der Waals surface area contributed by atoms with Crippen LogP contribution in [0.1, 0.15) is 29.9 Å². The van der Waals surface area contributed by atoms with Crippen LogP contribution in [0.25, 0.3) is 16.7 Å². The van der Waals surface area contributed by atoms with Crippen molar-refractivity contribution in [2.24, 2.45) is 0 Å². The number of ether oxygens (including phenoxy) is 1. The number of piperazine rings is 1. The van der Waals surface area contributed by atoms with E-state index in [4.69, 9.17) is 4.74 Å². The Morgan fingerprint density at radius 3 is 2.56 bits per heavy atom. The van der Waals surface area contributed by atoms with Crippen molar-refractivity contribution in [3.05, 3.63) is 54.0 Å². The van der Waals surface area contributed by atoms with Gasteiger partial charge in [-0.1, -0.05) is 0 Å². The standard InChI is InChI=1S/C24H26FN7O2/c1-13-9-31(10-14(2)28-13)22-18(25)8-17(20-21(22)27-6-5-26-20)24(33)30-16-7-19(34-4)23-29-15(3)11-32(23)12-16/h5-8,11-14,28H,9-10H2,1-4H3,(H,30,33). The second-order valence-electron chi connectivity index (χ2n) is 8.75. The van der Waals surface area contributed by atoms with Gasteiger partial charge in [0, 0.05) is 56.0 Å². The average Bonchev–Trinajstić information content (AvgIpc) is 3.17. The van der Waals surface area contributed by atoms with Crippen molar-refractivity contribution in [3.63, 3.8) is 0 Å². The molecule has 4 aromatic rings. The Bertz CT molecular complexity index is 1390. The highest BCUT2D eigenvalue weighted by Gasteiger charge is 2.28. The lowest BCUT2D eigenvalue weighted by atomic mass is 10.1. The zero-order valence-electron chi connectivity index (χ0n) is 19.5. The number of pyridine rings is 1. The van der Waals surface area contributed by atoms with Crippen LogP contribution < -0.4 is 20.3 Å². The lowest BCUT2D eigenvalue weighted by molar-refractivity contribution is 0.102. The number of benzene rings is 1. The molecule has 0 radical (unpaired) electrons. The van der Waals surface area contributed by atoms with Gasteiger partial charge in [-0.3, -0.25) is 14.8 Å². The molecule has 176 valence electrons. The molecule has 0 bridgehead atoms. The third kappa shape index (κ3) is 3.90. The topological polar surface area (TPSA) is 96.7 Å². The van der Waals surface area contributed by atoms with Crippen molar-refractivity contribution in [1.29, 1.82) is 0 Å². The number of anilines is 2. The summed E-state index contributed by atoms with van der Waals surface area (Å²) in [6, 6.07) is 3.31. The van der Waals surface area contributed by atoms with Gasteiger partial charge in [0.15, 0.2) is 11.4 Å². The number of fused-ring (bicyclic) bond motifs is 2. The maximum Gasteiger partial charge on any atom is 0.258 e. The van der Waals surface area contributed by atoms with E-state index in [0.29, 0.717) is 46.9 Å². The molecule has 1 aliphatic rings. The molecule has 34 heavy (non-hydrogen) atoms. The molecule has 5 rings (SSSR count). The molecule has 4 heterocycles. The molecule has 1 amide bonds. The number of imidazole rings is 1. The summed E-state index contributed by atoms with van der Waals surface area (Å²) in [7, 11) is 1.54. The van der Waals surface area contributed by atoms with E-state index in [1.807, 2.05) is 18.0 Å². The van der Waals surface area contributed by atoms with Crippen LogP contribution in [0, 0.1) is 12.7 Å². The van der Waals surface area contributed by atoms with Gasteiger partial charge in [-0.15, -0.1) is 0 Å². The summed E-state index contributed by atoms with van der Waals surface area (Å²) < 4.78 is 22.7. The summed E-state index contributed by atoms with van der Waals surface area (Å²) in [6.07, 6.45) is 6.59. The van der Waals surface area contributed by atoms with E-state index in [-0.39, 0.29) is 17.6 Å². The lowest BCUT2D eigenvalue weighted by Crippen LogP contribution is -2.54. The minimum atomic E-state index is -0.502. The second-order valence-corrected chi connectivity index (χ2v) is 8.75. The van der Waals surface area contributed by atoms with Crippen LogP contribution in [0.2, 0.25) is 0 Å². The van der Waals surface area contributed by atoms with Gasteiger partial charge in [-0.05, 0) is 26.8 Å². The third-order valence-corrected chi connectivity index (χ3v) is 5.91. The van der Waals surface area contributed by atoms with Crippen molar-refractivity contribution >= 4 is 34.0 Å². The molecule has 2 N–H and O–H groups in total. The molecular formula is C24H26FN7O2. The van der Waals surface area contributed by atoms with Crippen LogP contribution in [0.15, 0.2) is 36.9 Å². The van der Waals surface area contributed by atoms with Gasteiger partial charge in [0.2, 0.25) is 0 Å². The Morgan fingerprint density at radius 2 is 1.85 bits per heavy atom. The maximum absolute atomic E-state index is 15.5. The fourth-order valence-corrected chi connectivity index (χ4v) is 4.67. The van der Waals surface area contributed by atoms with Crippen molar-refractivity contribution < 1.29 is 13.9 Å². The molecule has 1 fully saturated rings. The maximum atomic E-state index is 15.5. The molecule has 10 heteroatoms. The van der Waals surface area contributed by atoms with Gasteiger partial charge in [0.1, 0.15) is 22.5 Å². The summed E-state index contributed by atoms with van der Waals surface area (Å²) >= 11 is 0. The van der Waals surface area contributed by atoms with Gasteiger partial charge < -0.3 is 24.7 Å². The Hall–Kier alpha value is -3.79. The van der Waals surface area contributed by atoms with E-state index in [9.17, 15) is 4.79 Å². The summed E-state index contributed by atoms with van der Waals surface area (Å²) in [5.41, 5.74) is 3.15. The summed E-state index contributed by atoms with van der Waals surface area (Å²) in [5, 5.41) is 6.29. The molecule has 9 nitrogen and oxygen atoms in total. The zero-order chi connectivity index (χ0) is 24.0. The number of amides is 1. The number of rotatable bonds is 4. The van der Waals surface area contributed by atoms with Crippen LogP contribution in [-0.2, 0) is 0 Å². The SMILES string of the molecule is COc1cc(NC(=O)c2cc(F)c(N3CC(C)NC(C)C3)c3nccnc23)cn2cc(C)nc12. The normalized spacial score (nSPS) is 18.4.